The Morgan fingerprint density at radius 3 is 2.47 bits per heavy atom. The maximum absolute atomic E-state index is 12.8. The molecule has 0 radical (unpaired) electrons. The lowest BCUT2D eigenvalue weighted by Gasteiger charge is -2.33. The molecule has 2 aliphatic carbocycles. The number of carbonyl (C=O) groups excluding carboxylic acids is 2. The van der Waals surface area contributed by atoms with E-state index in [1.54, 1.807) is 7.11 Å². The van der Waals surface area contributed by atoms with Gasteiger partial charge in [0.15, 0.2) is 0 Å². The Bertz CT molecular complexity index is 691. The van der Waals surface area contributed by atoms with Gasteiger partial charge >= 0.3 is 0 Å². The summed E-state index contributed by atoms with van der Waals surface area (Å²) in [5.74, 6) is 1.67. The summed E-state index contributed by atoms with van der Waals surface area (Å²) in [5.41, 5.74) is 0.995. The van der Waals surface area contributed by atoms with Gasteiger partial charge in [-0.3, -0.25) is 9.59 Å². The van der Waals surface area contributed by atoms with E-state index in [1.165, 1.54) is 6.42 Å². The van der Waals surface area contributed by atoms with Crippen molar-refractivity contribution in [3.63, 3.8) is 0 Å². The Morgan fingerprint density at radius 2 is 1.73 bits per heavy atom. The van der Waals surface area contributed by atoms with E-state index in [-0.39, 0.29) is 29.7 Å². The molecule has 0 heterocycles. The molecule has 4 unspecified atom stereocenters. The monoisotopic (exact) mass is 415 g/mol. The van der Waals surface area contributed by atoms with Crippen molar-refractivity contribution in [2.45, 2.75) is 64.3 Å². The largest absolute Gasteiger partial charge is 0.497 e. The van der Waals surface area contributed by atoms with E-state index in [1.807, 2.05) is 24.3 Å². The van der Waals surface area contributed by atoms with Crippen LogP contribution in [0, 0.1) is 17.8 Å². The number of hydrogen-bond donors (Lipinski definition) is 3. The van der Waals surface area contributed by atoms with Crippen LogP contribution < -0.4 is 20.7 Å². The molecular weight excluding hydrogens is 378 g/mol. The average Bonchev–Trinajstić information content (AvgIpc) is 2.77. The highest BCUT2D eigenvalue weighted by Crippen LogP contribution is 2.30. The van der Waals surface area contributed by atoms with Gasteiger partial charge in [0, 0.05) is 30.7 Å². The van der Waals surface area contributed by atoms with Crippen LogP contribution in [0.3, 0.4) is 0 Å². The van der Waals surface area contributed by atoms with Gasteiger partial charge in [-0.25, -0.2) is 0 Å². The second-order valence-corrected chi connectivity index (χ2v) is 8.92. The highest BCUT2D eigenvalue weighted by atomic mass is 16.5. The number of hydrogen-bond acceptors (Lipinski definition) is 4. The Balaban J connectivity index is 1.43. The van der Waals surface area contributed by atoms with Crippen molar-refractivity contribution in [2.75, 3.05) is 25.5 Å². The SMILES string of the molecule is COc1ccc(NCCNC(=O)C2CCCCC2NC(=O)C2CCCC(C)C2)cc1. The quantitative estimate of drug-likeness (QED) is 0.565. The van der Waals surface area contributed by atoms with Gasteiger partial charge in [-0.15, -0.1) is 0 Å². The highest BCUT2D eigenvalue weighted by Gasteiger charge is 2.34. The second kappa shape index (κ2) is 11.2. The number of carbonyl (C=O) groups is 2. The summed E-state index contributed by atoms with van der Waals surface area (Å²) in [5, 5.41) is 9.60. The zero-order valence-electron chi connectivity index (χ0n) is 18.4. The summed E-state index contributed by atoms with van der Waals surface area (Å²) >= 11 is 0. The first-order valence-corrected chi connectivity index (χ1v) is 11.5. The van der Waals surface area contributed by atoms with E-state index in [9.17, 15) is 9.59 Å². The standard InChI is InChI=1S/C24H37N3O3/c1-17-6-5-7-18(16-17)23(28)27-22-9-4-3-8-21(22)24(29)26-15-14-25-19-10-12-20(30-2)13-11-19/h10-13,17-18,21-22,25H,3-9,14-16H2,1-2H3,(H,26,29)(H,27,28). The maximum atomic E-state index is 12.8. The lowest BCUT2D eigenvalue weighted by atomic mass is 9.80. The van der Waals surface area contributed by atoms with Gasteiger partial charge in [0.25, 0.3) is 0 Å². The Morgan fingerprint density at radius 1 is 0.967 bits per heavy atom. The summed E-state index contributed by atoms with van der Waals surface area (Å²) in [6.45, 7) is 3.44. The third-order valence-corrected chi connectivity index (χ3v) is 6.58. The molecule has 2 amide bonds. The zero-order chi connectivity index (χ0) is 21.3. The second-order valence-electron chi connectivity index (χ2n) is 8.92. The maximum Gasteiger partial charge on any atom is 0.225 e. The molecule has 2 saturated carbocycles. The summed E-state index contributed by atoms with van der Waals surface area (Å²) in [6.07, 6.45) is 8.20. The molecule has 3 rings (SSSR count). The van der Waals surface area contributed by atoms with Crippen LogP contribution in [0.15, 0.2) is 24.3 Å². The first-order valence-electron chi connectivity index (χ1n) is 11.5. The lowest BCUT2D eigenvalue weighted by Crippen LogP contribution is -2.50. The molecular formula is C24H37N3O3. The molecule has 1 aromatic rings. The molecule has 2 fully saturated rings. The Kier molecular flexibility index (Phi) is 8.40. The lowest BCUT2D eigenvalue weighted by molar-refractivity contribution is -0.130. The van der Waals surface area contributed by atoms with Gasteiger partial charge in [0.05, 0.1) is 13.0 Å². The Labute approximate surface area is 180 Å². The van der Waals surface area contributed by atoms with E-state index in [0.717, 1.165) is 56.4 Å². The van der Waals surface area contributed by atoms with Gasteiger partial charge in [-0.05, 0) is 55.9 Å². The molecule has 0 aromatic heterocycles. The van der Waals surface area contributed by atoms with Crippen LogP contribution in [0.4, 0.5) is 5.69 Å². The minimum atomic E-state index is -0.121. The molecule has 0 bridgehead atoms. The number of benzene rings is 1. The molecule has 2 aliphatic rings. The molecule has 0 saturated heterocycles. The van der Waals surface area contributed by atoms with Crippen LogP contribution in [0.5, 0.6) is 5.75 Å². The summed E-state index contributed by atoms with van der Waals surface area (Å²) in [4.78, 5) is 25.6. The number of amides is 2. The van der Waals surface area contributed by atoms with Crippen LogP contribution in [-0.4, -0.2) is 38.1 Å². The van der Waals surface area contributed by atoms with Crippen molar-refractivity contribution >= 4 is 17.5 Å². The van der Waals surface area contributed by atoms with Crippen molar-refractivity contribution < 1.29 is 14.3 Å². The van der Waals surface area contributed by atoms with Gasteiger partial charge in [-0.1, -0.05) is 32.6 Å². The number of nitrogens with one attached hydrogen (secondary N) is 3. The molecule has 3 N–H and O–H groups in total. The van der Waals surface area contributed by atoms with E-state index in [2.05, 4.69) is 22.9 Å². The van der Waals surface area contributed by atoms with Gasteiger partial charge in [-0.2, -0.15) is 0 Å². The molecule has 6 heteroatoms. The van der Waals surface area contributed by atoms with E-state index in [4.69, 9.17) is 4.74 Å². The molecule has 0 spiro atoms. The topological polar surface area (TPSA) is 79.5 Å². The highest BCUT2D eigenvalue weighted by molar-refractivity contribution is 5.82. The third kappa shape index (κ3) is 6.38. The molecule has 1 aromatic carbocycles. The number of rotatable bonds is 8. The van der Waals surface area contributed by atoms with E-state index in [0.29, 0.717) is 19.0 Å². The fraction of sp³-hybridized carbons (Fsp3) is 0.667. The fourth-order valence-corrected chi connectivity index (χ4v) is 4.82. The van der Waals surface area contributed by atoms with Crippen LogP contribution in [0.2, 0.25) is 0 Å². The normalized spacial score (nSPS) is 26.5. The summed E-state index contributed by atoms with van der Waals surface area (Å²) in [7, 11) is 1.65. The average molecular weight is 416 g/mol. The minimum Gasteiger partial charge on any atom is -0.497 e. The molecule has 30 heavy (non-hydrogen) atoms. The van der Waals surface area contributed by atoms with Crippen LogP contribution in [-0.2, 0) is 9.59 Å². The summed E-state index contributed by atoms with van der Waals surface area (Å²) < 4.78 is 5.16. The molecule has 6 nitrogen and oxygen atoms in total. The molecule has 166 valence electrons. The van der Waals surface area contributed by atoms with Crippen LogP contribution >= 0.6 is 0 Å². The number of ether oxygens (including phenoxy) is 1. The van der Waals surface area contributed by atoms with Gasteiger partial charge in [0.1, 0.15) is 5.75 Å². The smallest absolute Gasteiger partial charge is 0.225 e. The van der Waals surface area contributed by atoms with Crippen LogP contribution in [0.1, 0.15) is 58.3 Å². The zero-order valence-corrected chi connectivity index (χ0v) is 18.4. The van der Waals surface area contributed by atoms with Crippen molar-refractivity contribution in [1.29, 1.82) is 0 Å². The predicted octanol–water partition coefficient (Wildman–Crippen LogP) is 3.72. The number of methoxy groups -OCH3 is 1. The Hall–Kier alpha value is -2.24. The minimum absolute atomic E-state index is 0.0296. The predicted molar refractivity (Wildman–Crippen MR) is 120 cm³/mol. The fourth-order valence-electron chi connectivity index (χ4n) is 4.82. The van der Waals surface area contributed by atoms with Crippen molar-refractivity contribution in [2.24, 2.45) is 17.8 Å². The van der Waals surface area contributed by atoms with Crippen molar-refractivity contribution in [3.05, 3.63) is 24.3 Å². The van der Waals surface area contributed by atoms with E-state index < -0.39 is 0 Å². The van der Waals surface area contributed by atoms with Crippen molar-refractivity contribution in [3.8, 4) is 5.75 Å². The first-order chi connectivity index (χ1) is 14.6. The molecule has 4 atom stereocenters. The molecule has 0 aliphatic heterocycles. The van der Waals surface area contributed by atoms with Gasteiger partial charge in [0.2, 0.25) is 11.8 Å². The summed E-state index contributed by atoms with van der Waals surface area (Å²) in [6, 6.07) is 7.70. The van der Waals surface area contributed by atoms with E-state index >= 15 is 0 Å². The van der Waals surface area contributed by atoms with Crippen LogP contribution in [0.25, 0.3) is 0 Å². The first kappa shape index (κ1) is 22.4. The third-order valence-electron chi connectivity index (χ3n) is 6.58. The number of anilines is 1. The van der Waals surface area contributed by atoms with Gasteiger partial charge < -0.3 is 20.7 Å². The van der Waals surface area contributed by atoms with Crippen molar-refractivity contribution in [1.82, 2.24) is 10.6 Å².